The van der Waals surface area contributed by atoms with Crippen LogP contribution in [0.5, 0.6) is 0 Å². The molecule has 0 amide bonds. The summed E-state index contributed by atoms with van der Waals surface area (Å²) in [6, 6.07) is 3.41. The largest absolute Gasteiger partial charge is 0.396 e. The number of aliphatic hydroxyl groups excluding tert-OH is 1. The molecule has 0 aliphatic rings. The minimum Gasteiger partial charge on any atom is -0.396 e. The van der Waals surface area contributed by atoms with Gasteiger partial charge in [-0.3, -0.25) is 0 Å². The number of halogens is 1. The highest BCUT2D eigenvalue weighted by Gasteiger charge is 2.02. The highest BCUT2D eigenvalue weighted by Crippen LogP contribution is 2.08. The van der Waals surface area contributed by atoms with Crippen molar-refractivity contribution < 1.29 is 5.11 Å². The van der Waals surface area contributed by atoms with E-state index in [1.54, 1.807) is 23.0 Å². The Kier molecular flexibility index (Phi) is 3.48. The van der Waals surface area contributed by atoms with E-state index in [9.17, 15) is 0 Å². The Hall–Kier alpha value is -1.46. The second-order valence-corrected chi connectivity index (χ2v) is 3.72. The van der Waals surface area contributed by atoms with Crippen molar-refractivity contribution in [2.24, 2.45) is 0 Å². The Balaban J connectivity index is 2.15. The molecule has 0 spiro atoms. The fraction of sp³-hybridized carbons (Fsp3) is 0.300. The minimum atomic E-state index is 0.186. The quantitative estimate of drug-likeness (QED) is 0.871. The summed E-state index contributed by atoms with van der Waals surface area (Å²) in [5, 5.41) is 20.9. The third-order valence-electron chi connectivity index (χ3n) is 2.11. The van der Waals surface area contributed by atoms with Gasteiger partial charge in [0.2, 0.25) is 0 Å². The van der Waals surface area contributed by atoms with Gasteiger partial charge in [-0.05, 0) is 30.5 Å². The van der Waals surface area contributed by atoms with Gasteiger partial charge in [0, 0.05) is 12.8 Å². The normalized spacial score (nSPS) is 10.6. The van der Waals surface area contributed by atoms with Crippen LogP contribution in [0.2, 0.25) is 5.15 Å². The molecule has 2 rings (SSSR count). The topological polar surface area (TPSA) is 63.8 Å². The molecule has 0 radical (unpaired) electrons. The molecule has 0 fully saturated rings. The molecular weight excluding hydrogens is 228 g/mol. The lowest BCUT2D eigenvalue weighted by Crippen LogP contribution is -1.99. The number of nitrogens with zero attached hydrogens (tertiary/aromatic N) is 4. The van der Waals surface area contributed by atoms with Crippen LogP contribution < -0.4 is 0 Å². The summed E-state index contributed by atoms with van der Waals surface area (Å²) in [6.45, 7) is 0.186. The van der Waals surface area contributed by atoms with Gasteiger partial charge in [0.05, 0.1) is 6.20 Å². The van der Waals surface area contributed by atoms with Crippen LogP contribution in [0.3, 0.4) is 0 Å². The van der Waals surface area contributed by atoms with Crippen LogP contribution >= 0.6 is 11.6 Å². The van der Waals surface area contributed by atoms with Crippen molar-refractivity contribution in [2.75, 3.05) is 6.61 Å². The van der Waals surface area contributed by atoms with E-state index in [0.717, 1.165) is 18.4 Å². The first kappa shape index (κ1) is 11.0. The number of hydrogen-bond acceptors (Lipinski definition) is 4. The number of aryl methyl sites for hydroxylation is 1. The van der Waals surface area contributed by atoms with Crippen LogP contribution in [0.15, 0.2) is 24.5 Å². The highest BCUT2D eigenvalue weighted by molar-refractivity contribution is 6.29. The molecule has 2 aromatic rings. The van der Waals surface area contributed by atoms with Gasteiger partial charge >= 0.3 is 0 Å². The number of aromatic nitrogens is 4. The Bertz CT molecular complexity index is 454. The maximum Gasteiger partial charge on any atom is 0.175 e. The maximum absolute atomic E-state index is 8.72. The first-order valence-corrected chi connectivity index (χ1v) is 5.31. The zero-order valence-corrected chi connectivity index (χ0v) is 9.30. The molecule has 0 aliphatic heterocycles. The molecule has 2 heterocycles. The summed E-state index contributed by atoms with van der Waals surface area (Å²) >= 11 is 5.64. The molecule has 2 aromatic heterocycles. The van der Waals surface area contributed by atoms with Crippen LogP contribution in [-0.2, 0) is 6.42 Å². The Morgan fingerprint density at radius 2 is 2.19 bits per heavy atom. The van der Waals surface area contributed by atoms with Gasteiger partial charge in [0.25, 0.3) is 0 Å². The number of rotatable bonds is 4. The molecule has 0 atom stereocenters. The molecule has 0 bridgehead atoms. The summed E-state index contributed by atoms with van der Waals surface area (Å²) in [5.74, 6) is 0.625. The average Bonchev–Trinajstić information content (AvgIpc) is 2.76. The van der Waals surface area contributed by atoms with Crippen molar-refractivity contribution in [3.63, 3.8) is 0 Å². The molecule has 0 unspecified atom stereocenters. The van der Waals surface area contributed by atoms with Gasteiger partial charge in [-0.1, -0.05) is 11.6 Å². The Morgan fingerprint density at radius 3 is 2.88 bits per heavy atom. The van der Waals surface area contributed by atoms with Crippen molar-refractivity contribution >= 4 is 11.6 Å². The average molecular weight is 239 g/mol. The fourth-order valence-electron chi connectivity index (χ4n) is 1.33. The first-order valence-electron chi connectivity index (χ1n) is 4.93. The van der Waals surface area contributed by atoms with Crippen LogP contribution in [-0.4, -0.2) is 31.7 Å². The summed E-state index contributed by atoms with van der Waals surface area (Å²) in [4.78, 5) is 0. The van der Waals surface area contributed by atoms with Crippen LogP contribution in [0, 0.1) is 0 Å². The van der Waals surface area contributed by atoms with Gasteiger partial charge in [0.15, 0.2) is 11.0 Å². The van der Waals surface area contributed by atoms with Crippen LogP contribution in [0.25, 0.3) is 5.82 Å². The second-order valence-electron chi connectivity index (χ2n) is 3.33. The first-order chi connectivity index (χ1) is 7.79. The molecule has 6 heteroatoms. The minimum absolute atomic E-state index is 0.186. The smallest absolute Gasteiger partial charge is 0.175 e. The lowest BCUT2D eigenvalue weighted by molar-refractivity contribution is 0.288. The molecule has 0 aliphatic carbocycles. The maximum atomic E-state index is 8.72. The van der Waals surface area contributed by atoms with Crippen molar-refractivity contribution in [2.45, 2.75) is 12.8 Å². The van der Waals surface area contributed by atoms with Gasteiger partial charge in [-0.25, -0.2) is 4.68 Å². The van der Waals surface area contributed by atoms with Crippen molar-refractivity contribution in [1.82, 2.24) is 20.0 Å². The monoisotopic (exact) mass is 238 g/mol. The van der Waals surface area contributed by atoms with E-state index in [0.29, 0.717) is 11.0 Å². The summed E-state index contributed by atoms with van der Waals surface area (Å²) in [5.41, 5.74) is 1.06. The zero-order valence-electron chi connectivity index (χ0n) is 8.54. The van der Waals surface area contributed by atoms with E-state index >= 15 is 0 Å². The van der Waals surface area contributed by atoms with E-state index in [1.807, 2.05) is 6.20 Å². The lowest BCUT2D eigenvalue weighted by atomic mass is 10.2. The SMILES string of the molecule is OCCCc1cnn(-c2ccc(Cl)nn2)c1. The number of hydrogen-bond donors (Lipinski definition) is 1. The molecule has 16 heavy (non-hydrogen) atoms. The third kappa shape index (κ3) is 2.56. The van der Waals surface area contributed by atoms with Gasteiger partial charge < -0.3 is 5.11 Å². The summed E-state index contributed by atoms with van der Waals surface area (Å²) in [7, 11) is 0. The summed E-state index contributed by atoms with van der Waals surface area (Å²) < 4.78 is 1.63. The lowest BCUT2D eigenvalue weighted by Gasteiger charge is -1.97. The predicted molar refractivity (Wildman–Crippen MR) is 59.6 cm³/mol. The van der Waals surface area contributed by atoms with E-state index in [1.165, 1.54) is 0 Å². The molecule has 5 nitrogen and oxygen atoms in total. The molecule has 84 valence electrons. The Morgan fingerprint density at radius 1 is 1.31 bits per heavy atom. The summed E-state index contributed by atoms with van der Waals surface area (Å²) in [6.07, 6.45) is 5.16. The highest BCUT2D eigenvalue weighted by atomic mass is 35.5. The van der Waals surface area contributed by atoms with E-state index in [2.05, 4.69) is 15.3 Å². The molecule has 1 N–H and O–H groups in total. The van der Waals surface area contributed by atoms with Crippen molar-refractivity contribution in [3.8, 4) is 5.82 Å². The molecule has 0 aromatic carbocycles. The fourth-order valence-corrected chi connectivity index (χ4v) is 1.43. The standard InChI is InChI=1S/C10H11ClN4O/c11-9-3-4-10(14-13-9)15-7-8(6-12-15)2-1-5-16/h3-4,6-7,16H,1-2,5H2. The van der Waals surface area contributed by atoms with Crippen LogP contribution in [0.4, 0.5) is 0 Å². The van der Waals surface area contributed by atoms with E-state index in [-0.39, 0.29) is 6.61 Å². The number of aliphatic hydroxyl groups is 1. The molecule has 0 saturated heterocycles. The van der Waals surface area contributed by atoms with Crippen LogP contribution in [0.1, 0.15) is 12.0 Å². The zero-order chi connectivity index (χ0) is 11.4. The van der Waals surface area contributed by atoms with E-state index < -0.39 is 0 Å². The van der Waals surface area contributed by atoms with Gasteiger partial charge in [0.1, 0.15) is 0 Å². The van der Waals surface area contributed by atoms with Gasteiger partial charge in [-0.2, -0.15) is 5.10 Å². The Labute approximate surface area is 97.7 Å². The third-order valence-corrected chi connectivity index (χ3v) is 2.31. The predicted octanol–water partition coefficient (Wildman–Crippen LogP) is 1.24. The van der Waals surface area contributed by atoms with E-state index in [4.69, 9.17) is 16.7 Å². The van der Waals surface area contributed by atoms with Crippen molar-refractivity contribution in [1.29, 1.82) is 0 Å². The van der Waals surface area contributed by atoms with Crippen molar-refractivity contribution in [3.05, 3.63) is 35.2 Å². The van der Waals surface area contributed by atoms with Gasteiger partial charge in [-0.15, -0.1) is 10.2 Å². The molecular formula is C10H11ClN4O. The molecule has 0 saturated carbocycles. The second kappa shape index (κ2) is 5.05.